The molecular formula is C17H25NOS. The molecule has 2 nitrogen and oxygen atoms in total. The van der Waals surface area contributed by atoms with Crippen molar-refractivity contribution in [2.24, 2.45) is 5.41 Å². The predicted octanol–water partition coefficient (Wildman–Crippen LogP) is 4.56. The van der Waals surface area contributed by atoms with Gasteiger partial charge in [-0.2, -0.15) is 0 Å². The fourth-order valence-electron chi connectivity index (χ4n) is 3.70. The molecule has 1 N–H and O–H groups in total. The molecule has 0 saturated heterocycles. The van der Waals surface area contributed by atoms with Gasteiger partial charge in [-0.1, -0.05) is 25.5 Å². The lowest BCUT2D eigenvalue weighted by atomic mass is 9.51. The van der Waals surface area contributed by atoms with Gasteiger partial charge in [-0.05, 0) is 44.1 Å². The maximum Gasteiger partial charge on any atom is 0.0670 e. The van der Waals surface area contributed by atoms with Crippen LogP contribution in [0.4, 0.5) is 5.69 Å². The Hall–Kier alpha value is -0.670. The van der Waals surface area contributed by atoms with Gasteiger partial charge in [0, 0.05) is 28.6 Å². The Morgan fingerprint density at radius 3 is 2.75 bits per heavy atom. The molecule has 2 saturated carbocycles. The summed E-state index contributed by atoms with van der Waals surface area (Å²) in [5.41, 5.74) is 1.74. The van der Waals surface area contributed by atoms with Gasteiger partial charge in [0.15, 0.2) is 0 Å². The van der Waals surface area contributed by atoms with Gasteiger partial charge in [0.25, 0.3) is 0 Å². The van der Waals surface area contributed by atoms with Crippen molar-refractivity contribution in [1.82, 2.24) is 0 Å². The van der Waals surface area contributed by atoms with Crippen molar-refractivity contribution >= 4 is 17.4 Å². The molecule has 2 aliphatic carbocycles. The van der Waals surface area contributed by atoms with E-state index in [-0.39, 0.29) is 0 Å². The van der Waals surface area contributed by atoms with Crippen molar-refractivity contribution in [2.45, 2.75) is 56.6 Å². The standard InChI is InChI=1S/C17H25NOS/c1-3-19-16-12-15(17(16)10-7-11-17)18-13-8-5-6-9-14(13)20-4-2/h5-6,8-9,15-16,18H,3-4,7,10-12H2,1-2H3. The van der Waals surface area contributed by atoms with Crippen LogP contribution in [0.1, 0.15) is 39.5 Å². The summed E-state index contributed by atoms with van der Waals surface area (Å²) < 4.78 is 5.94. The zero-order valence-electron chi connectivity index (χ0n) is 12.5. The van der Waals surface area contributed by atoms with Crippen molar-refractivity contribution in [3.05, 3.63) is 24.3 Å². The Bertz CT molecular complexity index is 458. The number of rotatable bonds is 6. The van der Waals surface area contributed by atoms with Crippen molar-refractivity contribution in [3.8, 4) is 0 Å². The fraction of sp³-hybridized carbons (Fsp3) is 0.647. The van der Waals surface area contributed by atoms with Crippen molar-refractivity contribution < 1.29 is 4.74 Å². The Morgan fingerprint density at radius 2 is 2.10 bits per heavy atom. The van der Waals surface area contributed by atoms with E-state index in [1.807, 2.05) is 11.8 Å². The Labute approximate surface area is 126 Å². The number of nitrogens with one attached hydrogen (secondary N) is 1. The summed E-state index contributed by atoms with van der Waals surface area (Å²) in [6.45, 7) is 5.17. The Kier molecular flexibility index (Phi) is 4.27. The monoisotopic (exact) mass is 291 g/mol. The summed E-state index contributed by atoms with van der Waals surface area (Å²) in [7, 11) is 0. The molecule has 110 valence electrons. The van der Waals surface area contributed by atoms with Crippen LogP contribution in [0.3, 0.4) is 0 Å². The molecule has 3 heteroatoms. The smallest absolute Gasteiger partial charge is 0.0670 e. The van der Waals surface area contributed by atoms with Crippen LogP contribution in [-0.2, 0) is 4.74 Å². The molecule has 2 fully saturated rings. The van der Waals surface area contributed by atoms with Crippen LogP contribution in [0.2, 0.25) is 0 Å². The lowest BCUT2D eigenvalue weighted by Gasteiger charge is -2.61. The summed E-state index contributed by atoms with van der Waals surface area (Å²) in [5.74, 6) is 1.12. The molecule has 2 atom stereocenters. The average molecular weight is 291 g/mol. The molecule has 20 heavy (non-hydrogen) atoms. The minimum absolute atomic E-state index is 0.431. The first-order valence-corrected chi connectivity index (χ1v) is 8.88. The molecule has 0 heterocycles. The molecule has 3 rings (SSSR count). The third-order valence-electron chi connectivity index (χ3n) is 4.95. The first kappa shape index (κ1) is 14.3. The van der Waals surface area contributed by atoms with Crippen LogP contribution in [-0.4, -0.2) is 24.5 Å². The lowest BCUT2D eigenvalue weighted by molar-refractivity contribution is -0.157. The molecule has 1 aromatic carbocycles. The van der Waals surface area contributed by atoms with Crippen LogP contribution >= 0.6 is 11.8 Å². The summed E-state index contributed by atoms with van der Waals surface area (Å²) in [6.07, 6.45) is 5.69. The van der Waals surface area contributed by atoms with Crippen LogP contribution < -0.4 is 5.32 Å². The van der Waals surface area contributed by atoms with Crippen molar-refractivity contribution in [3.63, 3.8) is 0 Å². The lowest BCUT2D eigenvalue weighted by Crippen LogP contribution is -2.64. The maximum atomic E-state index is 5.94. The highest BCUT2D eigenvalue weighted by Gasteiger charge is 2.58. The third kappa shape index (κ3) is 2.35. The molecule has 0 aromatic heterocycles. The van der Waals surface area contributed by atoms with Gasteiger partial charge < -0.3 is 10.1 Å². The number of ether oxygens (including phenoxy) is 1. The SMILES string of the molecule is CCOC1CC(Nc2ccccc2SCC)C12CCC2. The summed E-state index contributed by atoms with van der Waals surface area (Å²) in [4.78, 5) is 1.38. The van der Waals surface area contributed by atoms with Gasteiger partial charge in [0.1, 0.15) is 0 Å². The molecule has 0 amide bonds. The minimum Gasteiger partial charge on any atom is -0.381 e. The number of thioether (sulfide) groups is 1. The number of hydrogen-bond acceptors (Lipinski definition) is 3. The molecule has 1 aromatic rings. The number of para-hydroxylation sites is 1. The second-order valence-corrected chi connectivity index (χ2v) is 7.20. The van der Waals surface area contributed by atoms with Gasteiger partial charge in [-0.3, -0.25) is 0 Å². The normalized spacial score (nSPS) is 26.9. The number of benzene rings is 1. The molecule has 0 aliphatic heterocycles. The molecular weight excluding hydrogens is 266 g/mol. The third-order valence-corrected chi connectivity index (χ3v) is 5.91. The number of anilines is 1. The minimum atomic E-state index is 0.431. The van der Waals surface area contributed by atoms with E-state index >= 15 is 0 Å². The van der Waals surface area contributed by atoms with E-state index < -0.39 is 0 Å². The van der Waals surface area contributed by atoms with Gasteiger partial charge in [0.05, 0.1) is 6.10 Å². The van der Waals surface area contributed by atoms with Crippen LogP contribution in [0, 0.1) is 5.41 Å². The highest BCUT2D eigenvalue weighted by molar-refractivity contribution is 7.99. The highest BCUT2D eigenvalue weighted by Crippen LogP contribution is 2.58. The van der Waals surface area contributed by atoms with Gasteiger partial charge in [0.2, 0.25) is 0 Å². The van der Waals surface area contributed by atoms with Crippen molar-refractivity contribution in [1.29, 1.82) is 0 Å². The largest absolute Gasteiger partial charge is 0.381 e. The van der Waals surface area contributed by atoms with Gasteiger partial charge in [-0.15, -0.1) is 11.8 Å². The number of hydrogen-bond donors (Lipinski definition) is 1. The molecule has 0 bridgehead atoms. The highest BCUT2D eigenvalue weighted by atomic mass is 32.2. The van der Waals surface area contributed by atoms with E-state index in [0.29, 0.717) is 17.6 Å². The maximum absolute atomic E-state index is 5.94. The topological polar surface area (TPSA) is 21.3 Å². The fourth-order valence-corrected chi connectivity index (χ4v) is 4.46. The summed E-state index contributed by atoms with van der Waals surface area (Å²) in [6, 6.07) is 9.31. The van der Waals surface area contributed by atoms with E-state index in [9.17, 15) is 0 Å². The van der Waals surface area contributed by atoms with Crippen molar-refractivity contribution in [2.75, 3.05) is 17.7 Å². The second-order valence-electron chi connectivity index (χ2n) is 5.89. The van der Waals surface area contributed by atoms with E-state index in [4.69, 9.17) is 4.74 Å². The second kappa shape index (κ2) is 5.98. The first-order valence-electron chi connectivity index (χ1n) is 7.90. The first-order chi connectivity index (χ1) is 9.80. The predicted molar refractivity (Wildman–Crippen MR) is 86.6 cm³/mol. The van der Waals surface area contributed by atoms with Crippen LogP contribution in [0.15, 0.2) is 29.2 Å². The Morgan fingerprint density at radius 1 is 1.30 bits per heavy atom. The van der Waals surface area contributed by atoms with Crippen LogP contribution in [0.25, 0.3) is 0 Å². The van der Waals surface area contributed by atoms with Gasteiger partial charge >= 0.3 is 0 Å². The van der Waals surface area contributed by atoms with E-state index in [1.54, 1.807) is 0 Å². The Balaban J connectivity index is 1.70. The van der Waals surface area contributed by atoms with Crippen LogP contribution in [0.5, 0.6) is 0 Å². The zero-order chi connectivity index (χ0) is 14.0. The molecule has 2 unspecified atom stereocenters. The average Bonchev–Trinajstić information content (AvgIpc) is 2.38. The zero-order valence-corrected chi connectivity index (χ0v) is 13.3. The van der Waals surface area contributed by atoms with E-state index in [1.165, 1.54) is 36.3 Å². The molecule has 2 aliphatic rings. The quantitative estimate of drug-likeness (QED) is 0.776. The van der Waals surface area contributed by atoms with E-state index in [2.05, 4.69) is 43.4 Å². The van der Waals surface area contributed by atoms with Gasteiger partial charge in [-0.25, -0.2) is 0 Å². The van der Waals surface area contributed by atoms with E-state index in [0.717, 1.165) is 12.4 Å². The molecule has 0 radical (unpaired) electrons. The summed E-state index contributed by atoms with van der Waals surface area (Å²) in [5, 5.41) is 3.81. The summed E-state index contributed by atoms with van der Waals surface area (Å²) >= 11 is 1.92. The molecule has 1 spiro atoms.